The van der Waals surface area contributed by atoms with Crippen LogP contribution in [0.4, 0.5) is 22.6 Å². The van der Waals surface area contributed by atoms with E-state index in [1.54, 1.807) is 0 Å². The second-order valence-corrected chi connectivity index (χ2v) is 1.96. The Kier molecular flexibility index (Phi) is 22.1. The van der Waals surface area contributed by atoms with Crippen molar-refractivity contribution < 1.29 is 49.6 Å². The predicted molar refractivity (Wildman–Crippen MR) is 52.6 cm³/mol. The Balaban J connectivity index is -0.0000000975. The molecule has 0 bridgehead atoms. The van der Waals surface area contributed by atoms with Crippen LogP contribution in [0.1, 0.15) is 0 Å². The van der Waals surface area contributed by atoms with E-state index in [1.807, 2.05) is 0 Å². The van der Waals surface area contributed by atoms with Crippen molar-refractivity contribution in [2.24, 2.45) is 0 Å². The van der Waals surface area contributed by atoms with Gasteiger partial charge in [-0.05, 0) is 0 Å². The van der Waals surface area contributed by atoms with Crippen molar-refractivity contribution in [3.05, 3.63) is 0 Å². The fraction of sp³-hybridized carbons (Fsp3) is 0. The van der Waals surface area contributed by atoms with E-state index in [4.69, 9.17) is 47.3 Å². The average molecular weight is 351 g/mol. The third-order valence-corrected chi connectivity index (χ3v) is 0.687. The van der Waals surface area contributed by atoms with Gasteiger partial charge in [0.1, 0.15) is 0 Å². The Labute approximate surface area is 150 Å². The quantitative estimate of drug-likeness (QED) is 0.318. The summed E-state index contributed by atoms with van der Waals surface area (Å²) in [4.78, 5) is 18.9. The fourth-order valence-electron chi connectivity index (χ4n) is 0.427. The van der Waals surface area contributed by atoms with E-state index in [1.165, 1.54) is 0 Å². The van der Waals surface area contributed by atoms with Crippen LogP contribution in [0, 0.1) is 0 Å². The molecule has 1 aromatic rings. The number of nitrogens with zero attached hydrogens (tertiary/aromatic N) is 3. The normalized spacial score (nSPS) is 7.11. The summed E-state index contributed by atoms with van der Waals surface area (Å²) in [6, 6.07) is 0. The molecular weight excluding hydrogens is 344 g/mol. The number of nitrogen functional groups attached to an aromatic ring is 3. The minimum atomic E-state index is -2.92. The number of carboxylic acid groups (broad SMARTS) is 2. The van der Waals surface area contributed by atoms with Gasteiger partial charge in [-0.1, -0.05) is 0 Å². The molecule has 0 aromatic carbocycles. The van der Waals surface area contributed by atoms with Crippen LogP contribution in [0.15, 0.2) is 0 Å². The van der Waals surface area contributed by atoms with E-state index in [0.717, 1.165) is 0 Å². The molecule has 96 valence electrons. The summed E-state index contributed by atoms with van der Waals surface area (Å²) < 4.78 is 0. The monoisotopic (exact) mass is 350 g/mol. The molecule has 0 aliphatic heterocycles. The maximum absolute atomic E-state index is 8.44. The van der Waals surface area contributed by atoms with Gasteiger partial charge >= 0.3 is 57.2 Å². The Morgan fingerprint density at radius 1 is 1.00 bits per heavy atom. The van der Waals surface area contributed by atoms with Crippen molar-refractivity contribution >= 4 is 69.1 Å². The molecule has 0 saturated carbocycles. The first-order valence-corrected chi connectivity index (χ1v) is 3.55. The summed E-state index contributed by atoms with van der Waals surface area (Å²) in [6.07, 6.45) is -2.08. The van der Waals surface area contributed by atoms with Crippen LogP contribution in [0.2, 0.25) is 0 Å². The summed E-state index contributed by atoms with van der Waals surface area (Å²) >= 11 is 0. The van der Waals surface area contributed by atoms with Crippen LogP contribution in [-0.2, 0) is 19.5 Å². The Hall–Kier alpha value is -0.492. The molecule has 0 unspecified atom stereocenters. The number of rotatable bonds is 0. The van der Waals surface area contributed by atoms with Gasteiger partial charge in [-0.3, -0.25) is 7.32 Å². The maximum atomic E-state index is 8.44. The number of hydrogen-bond acceptors (Lipinski definition) is 11. The predicted octanol–water partition coefficient (Wildman–Crippen LogP) is -6.83. The molecule has 1 rings (SSSR count). The fourth-order valence-corrected chi connectivity index (χ4v) is 0.427. The summed E-state index contributed by atoms with van der Waals surface area (Å²) in [5, 5.41) is 40.6. The molecule has 7 N–H and O–H groups in total. The molecule has 0 fully saturated rings. The second kappa shape index (κ2) is 15.6. The van der Waals surface area contributed by atoms with E-state index in [0.29, 0.717) is 0 Å². The van der Waals surface area contributed by atoms with Crippen molar-refractivity contribution in [1.29, 1.82) is 0 Å². The van der Waals surface area contributed by atoms with Crippen molar-refractivity contribution in [2.45, 2.75) is 0 Å². The van der Waals surface area contributed by atoms with Gasteiger partial charge in [-0.15, -0.1) is 0 Å². The van der Waals surface area contributed by atoms with Crippen LogP contribution in [-0.4, -0.2) is 71.3 Å². The molecule has 0 aliphatic rings. The number of anilines is 3. The van der Waals surface area contributed by atoms with E-state index in [-0.39, 0.29) is 75.1 Å². The minimum Gasteiger partial charge on any atom is -0.907 e. The van der Waals surface area contributed by atoms with Crippen molar-refractivity contribution in [1.82, 2.24) is 15.0 Å². The zero-order chi connectivity index (χ0) is 14.0. The Morgan fingerprint density at radius 3 is 1.21 bits per heavy atom. The van der Waals surface area contributed by atoms with Gasteiger partial charge in [0.25, 0.3) is 0 Å². The van der Waals surface area contributed by atoms with Crippen LogP contribution in [0.3, 0.4) is 0 Å². The van der Waals surface area contributed by atoms with Crippen molar-refractivity contribution in [2.75, 3.05) is 17.2 Å². The first-order valence-electron chi connectivity index (χ1n) is 3.55. The van der Waals surface area contributed by atoms with Gasteiger partial charge in [0.2, 0.25) is 24.0 Å². The zero-order valence-corrected chi connectivity index (χ0v) is 14.7. The molecule has 0 amide bonds. The van der Waals surface area contributed by atoms with Crippen LogP contribution >= 0.6 is 0 Å². The summed E-state index contributed by atoms with van der Waals surface area (Å²) in [6.45, 7) is 0. The van der Waals surface area contributed by atoms with E-state index in [2.05, 4.69) is 15.0 Å². The molecule has 12 nitrogen and oxygen atoms in total. The standard InChI is InChI=1S/C3H6N6.CH2O3.BO3.Ca.Zn/c4-1-7-2(5)9-3(6)8-1;2*2-1(3)4;;/h(H6,4,5,6,7,8,9);(H2,2,3,4);;;/q;;-3;2*+2/p-1. The first kappa shape index (κ1) is 27.0. The third-order valence-electron chi connectivity index (χ3n) is 0.687. The molecule has 0 saturated heterocycles. The van der Waals surface area contributed by atoms with Gasteiger partial charge in [-0.25, -0.2) is 0 Å². The Morgan fingerprint density at radius 2 is 1.11 bits per heavy atom. The largest absolute Gasteiger partial charge is 2.00 e. The average Bonchev–Trinajstić information content (AvgIpc) is 1.96. The summed E-state index contributed by atoms with van der Waals surface area (Å²) in [7, 11) is -2.92. The topological polar surface area (TPSA) is 246 Å². The van der Waals surface area contributed by atoms with Crippen molar-refractivity contribution in [3.63, 3.8) is 0 Å². The number of hydrogen-bond donors (Lipinski definition) is 4. The summed E-state index contributed by atoms with van der Waals surface area (Å²) in [5.41, 5.74) is 15.4. The Bertz CT molecular complexity index is 303. The molecular formula is C4H7BCaN6O6Zn. The number of carbonyl (C=O) groups is 1. The van der Waals surface area contributed by atoms with E-state index < -0.39 is 13.5 Å². The molecule has 19 heavy (non-hydrogen) atoms. The van der Waals surface area contributed by atoms with Crippen LogP contribution in [0.25, 0.3) is 0 Å². The van der Waals surface area contributed by atoms with E-state index >= 15 is 0 Å². The first-order chi connectivity index (χ1) is 7.65. The van der Waals surface area contributed by atoms with Crippen LogP contribution in [0.5, 0.6) is 0 Å². The van der Waals surface area contributed by atoms with Crippen LogP contribution < -0.4 is 37.4 Å². The van der Waals surface area contributed by atoms with Gasteiger partial charge in [-0.2, -0.15) is 15.0 Å². The molecule has 0 aliphatic carbocycles. The van der Waals surface area contributed by atoms with Gasteiger partial charge in [0.15, 0.2) is 0 Å². The molecule has 0 radical (unpaired) electrons. The molecule has 15 heteroatoms. The van der Waals surface area contributed by atoms with Gasteiger partial charge in [0.05, 0.1) is 0 Å². The number of aromatic nitrogens is 3. The number of nitrogens with two attached hydrogens (primary N) is 3. The third kappa shape index (κ3) is 31.8. The van der Waals surface area contributed by atoms with E-state index in [9.17, 15) is 0 Å². The summed E-state index contributed by atoms with van der Waals surface area (Å²) in [5.74, 6) is 0.125. The molecule has 0 atom stereocenters. The second-order valence-electron chi connectivity index (χ2n) is 1.96. The SMILES string of the molecule is Nc1nc(N)nc(N)n1.O=C([O-])O.[Ca+2].[O-]B([O-])[O-].[Zn+2]. The zero-order valence-electron chi connectivity index (χ0n) is 9.55. The molecule has 1 aromatic heterocycles. The van der Waals surface area contributed by atoms with Crippen molar-refractivity contribution in [3.8, 4) is 0 Å². The van der Waals surface area contributed by atoms with Gasteiger partial charge in [0, 0.05) is 0 Å². The smallest absolute Gasteiger partial charge is 0.907 e. The molecule has 1 heterocycles. The van der Waals surface area contributed by atoms with Gasteiger partial charge < -0.3 is 47.3 Å². The maximum Gasteiger partial charge on any atom is 2.00 e. The minimum absolute atomic E-state index is 0. The molecule has 0 spiro atoms.